The number of carbonyl (C=O) groups excluding carboxylic acids is 1. The maximum absolute atomic E-state index is 11.0. The van der Waals surface area contributed by atoms with Gasteiger partial charge in [0, 0.05) is 12.8 Å². The van der Waals surface area contributed by atoms with E-state index in [2.05, 4.69) is 20.8 Å². The van der Waals surface area contributed by atoms with E-state index in [4.69, 9.17) is 0 Å². The van der Waals surface area contributed by atoms with E-state index in [9.17, 15) is 4.79 Å². The molecule has 1 heteroatoms. The summed E-state index contributed by atoms with van der Waals surface area (Å²) in [4.78, 5) is 11.0. The summed E-state index contributed by atoms with van der Waals surface area (Å²) in [5.74, 6) is 1.11. The lowest BCUT2D eigenvalue weighted by Crippen LogP contribution is -2.19. The van der Waals surface area contributed by atoms with Crippen LogP contribution in [0.5, 0.6) is 0 Å². The van der Waals surface area contributed by atoms with Crippen molar-refractivity contribution in [3.8, 4) is 0 Å². The van der Waals surface area contributed by atoms with Crippen LogP contribution in [0.1, 0.15) is 40.0 Å². The lowest BCUT2D eigenvalue weighted by molar-refractivity contribution is -0.118. The molecule has 58 valence electrons. The van der Waals surface area contributed by atoms with Gasteiger partial charge in [-0.2, -0.15) is 0 Å². The standard InChI is InChI=1S/C9H16O/c1-7(2)9(3)5-4-8(10)6-9/h7H,4-6H2,1-3H3. The summed E-state index contributed by atoms with van der Waals surface area (Å²) in [5.41, 5.74) is 0.317. The zero-order chi connectivity index (χ0) is 7.78. The topological polar surface area (TPSA) is 17.1 Å². The molecule has 0 aromatic rings. The van der Waals surface area contributed by atoms with E-state index >= 15 is 0 Å². The molecule has 0 amide bonds. The molecule has 0 radical (unpaired) electrons. The number of hydrogen-bond donors (Lipinski definition) is 0. The summed E-state index contributed by atoms with van der Waals surface area (Å²) >= 11 is 0. The SMILES string of the molecule is CC(C)C1(C)CCC(=O)C1. The quantitative estimate of drug-likeness (QED) is 0.546. The summed E-state index contributed by atoms with van der Waals surface area (Å²) in [5, 5.41) is 0. The summed E-state index contributed by atoms with van der Waals surface area (Å²) in [6.45, 7) is 6.64. The van der Waals surface area contributed by atoms with Gasteiger partial charge in [-0.1, -0.05) is 20.8 Å². The minimum absolute atomic E-state index is 0.317. The number of carbonyl (C=O) groups is 1. The van der Waals surface area contributed by atoms with Crippen LogP contribution in [-0.4, -0.2) is 5.78 Å². The fourth-order valence-electron chi connectivity index (χ4n) is 1.54. The molecule has 0 aliphatic heterocycles. The van der Waals surface area contributed by atoms with E-state index in [0.717, 1.165) is 19.3 Å². The van der Waals surface area contributed by atoms with Gasteiger partial charge in [-0.25, -0.2) is 0 Å². The van der Waals surface area contributed by atoms with Crippen molar-refractivity contribution in [2.45, 2.75) is 40.0 Å². The molecular weight excluding hydrogens is 124 g/mol. The Bertz CT molecular complexity index is 149. The largest absolute Gasteiger partial charge is 0.300 e. The fourth-order valence-corrected chi connectivity index (χ4v) is 1.54. The fraction of sp³-hybridized carbons (Fsp3) is 0.889. The second kappa shape index (κ2) is 2.37. The van der Waals surface area contributed by atoms with Crippen LogP contribution in [0.15, 0.2) is 0 Å². The number of Topliss-reactive ketones (excluding diaryl/α,β-unsaturated/α-hetero) is 1. The van der Waals surface area contributed by atoms with Crippen LogP contribution in [0, 0.1) is 11.3 Å². The molecule has 0 N–H and O–H groups in total. The predicted molar refractivity (Wildman–Crippen MR) is 41.8 cm³/mol. The molecule has 1 fully saturated rings. The van der Waals surface area contributed by atoms with E-state index in [0.29, 0.717) is 17.1 Å². The highest BCUT2D eigenvalue weighted by Crippen LogP contribution is 2.41. The molecule has 10 heavy (non-hydrogen) atoms. The molecule has 0 saturated heterocycles. The molecule has 0 bridgehead atoms. The van der Waals surface area contributed by atoms with Gasteiger partial charge in [0.25, 0.3) is 0 Å². The first-order valence-corrected chi connectivity index (χ1v) is 4.06. The molecule has 1 nitrogen and oxygen atoms in total. The second-order valence-electron chi connectivity index (χ2n) is 4.02. The summed E-state index contributed by atoms with van der Waals surface area (Å²) in [7, 11) is 0. The Morgan fingerprint density at radius 3 is 2.30 bits per heavy atom. The minimum Gasteiger partial charge on any atom is -0.300 e. The van der Waals surface area contributed by atoms with Gasteiger partial charge < -0.3 is 0 Å². The Labute approximate surface area is 62.8 Å². The third-order valence-electron chi connectivity index (χ3n) is 2.97. The van der Waals surface area contributed by atoms with Gasteiger partial charge in [-0.15, -0.1) is 0 Å². The third kappa shape index (κ3) is 1.23. The van der Waals surface area contributed by atoms with Crippen molar-refractivity contribution in [1.29, 1.82) is 0 Å². The van der Waals surface area contributed by atoms with E-state index in [-0.39, 0.29) is 0 Å². The van der Waals surface area contributed by atoms with Gasteiger partial charge in [0.2, 0.25) is 0 Å². The maximum Gasteiger partial charge on any atom is 0.133 e. The van der Waals surface area contributed by atoms with E-state index in [1.54, 1.807) is 0 Å². The van der Waals surface area contributed by atoms with Crippen LogP contribution in [0.4, 0.5) is 0 Å². The molecule has 1 atom stereocenters. The lowest BCUT2D eigenvalue weighted by Gasteiger charge is -2.26. The molecule has 1 aliphatic carbocycles. The molecule has 0 spiro atoms. The third-order valence-corrected chi connectivity index (χ3v) is 2.97. The Morgan fingerprint density at radius 2 is 2.10 bits per heavy atom. The monoisotopic (exact) mass is 140 g/mol. The summed E-state index contributed by atoms with van der Waals surface area (Å²) in [6, 6.07) is 0. The first-order valence-electron chi connectivity index (χ1n) is 4.06. The van der Waals surface area contributed by atoms with Crippen molar-refractivity contribution in [3.63, 3.8) is 0 Å². The number of rotatable bonds is 1. The van der Waals surface area contributed by atoms with Crippen molar-refractivity contribution in [2.24, 2.45) is 11.3 Å². The van der Waals surface area contributed by atoms with Crippen LogP contribution < -0.4 is 0 Å². The van der Waals surface area contributed by atoms with Crippen molar-refractivity contribution < 1.29 is 4.79 Å². The Kier molecular flexibility index (Phi) is 1.84. The van der Waals surface area contributed by atoms with Gasteiger partial charge in [-0.3, -0.25) is 4.79 Å². The Balaban J connectivity index is 2.63. The first-order chi connectivity index (χ1) is 4.54. The highest BCUT2D eigenvalue weighted by Gasteiger charge is 2.36. The van der Waals surface area contributed by atoms with Gasteiger partial charge in [-0.05, 0) is 17.8 Å². The van der Waals surface area contributed by atoms with Crippen molar-refractivity contribution >= 4 is 5.78 Å². The van der Waals surface area contributed by atoms with Gasteiger partial charge in [0.15, 0.2) is 0 Å². The van der Waals surface area contributed by atoms with Crippen LogP contribution in [0.3, 0.4) is 0 Å². The predicted octanol–water partition coefficient (Wildman–Crippen LogP) is 2.40. The summed E-state index contributed by atoms with van der Waals surface area (Å²) < 4.78 is 0. The van der Waals surface area contributed by atoms with Gasteiger partial charge in [0.05, 0.1) is 0 Å². The maximum atomic E-state index is 11.0. The smallest absolute Gasteiger partial charge is 0.133 e. The normalized spacial score (nSPS) is 33.8. The van der Waals surface area contributed by atoms with Crippen LogP contribution in [-0.2, 0) is 4.79 Å². The van der Waals surface area contributed by atoms with E-state index in [1.165, 1.54) is 0 Å². The Morgan fingerprint density at radius 1 is 1.50 bits per heavy atom. The average molecular weight is 140 g/mol. The van der Waals surface area contributed by atoms with Crippen molar-refractivity contribution in [2.75, 3.05) is 0 Å². The first kappa shape index (κ1) is 7.77. The molecule has 1 saturated carbocycles. The minimum atomic E-state index is 0.317. The molecule has 1 aliphatic rings. The highest BCUT2D eigenvalue weighted by molar-refractivity contribution is 5.81. The molecule has 0 aromatic carbocycles. The Hall–Kier alpha value is -0.330. The van der Waals surface area contributed by atoms with E-state index in [1.807, 2.05) is 0 Å². The van der Waals surface area contributed by atoms with E-state index < -0.39 is 0 Å². The molecule has 1 unspecified atom stereocenters. The van der Waals surface area contributed by atoms with Gasteiger partial charge >= 0.3 is 0 Å². The average Bonchev–Trinajstić information content (AvgIpc) is 2.13. The zero-order valence-corrected chi connectivity index (χ0v) is 7.11. The van der Waals surface area contributed by atoms with Crippen LogP contribution >= 0.6 is 0 Å². The molecular formula is C9H16O. The van der Waals surface area contributed by atoms with Gasteiger partial charge in [0.1, 0.15) is 5.78 Å². The van der Waals surface area contributed by atoms with Crippen molar-refractivity contribution in [1.82, 2.24) is 0 Å². The second-order valence-corrected chi connectivity index (χ2v) is 4.02. The molecule has 0 aromatic heterocycles. The number of hydrogen-bond acceptors (Lipinski definition) is 1. The zero-order valence-electron chi connectivity index (χ0n) is 7.11. The molecule has 1 rings (SSSR count). The van der Waals surface area contributed by atoms with Crippen LogP contribution in [0.25, 0.3) is 0 Å². The van der Waals surface area contributed by atoms with Crippen molar-refractivity contribution in [3.05, 3.63) is 0 Å². The summed E-state index contributed by atoms with van der Waals surface area (Å²) in [6.07, 6.45) is 2.73. The molecule has 0 heterocycles. The number of ketones is 1. The van der Waals surface area contributed by atoms with Crippen LogP contribution in [0.2, 0.25) is 0 Å². The lowest BCUT2D eigenvalue weighted by atomic mass is 9.78. The highest BCUT2D eigenvalue weighted by atomic mass is 16.1.